The normalized spacial score (nSPS) is 10.4. The molecular weight excluding hydrogens is 236 g/mol. The summed E-state index contributed by atoms with van der Waals surface area (Å²) < 4.78 is 0. The molecule has 0 saturated heterocycles. The van der Waals surface area contributed by atoms with Gasteiger partial charge in [0, 0.05) is 0 Å². The van der Waals surface area contributed by atoms with Crippen molar-refractivity contribution in [3.05, 3.63) is 70.8 Å². The monoisotopic (exact) mass is 254 g/mol. The van der Waals surface area contributed by atoms with Crippen LogP contribution in [-0.4, -0.2) is 11.1 Å². The molecule has 1 N–H and O–H groups in total. The van der Waals surface area contributed by atoms with E-state index < -0.39 is 5.97 Å². The third kappa shape index (κ3) is 3.68. The lowest BCUT2D eigenvalue weighted by Crippen LogP contribution is -2.04. The molecule has 0 amide bonds. The Labute approximate surface area is 113 Å². The summed E-state index contributed by atoms with van der Waals surface area (Å²) >= 11 is 0. The van der Waals surface area contributed by atoms with Crippen molar-refractivity contribution in [3.8, 4) is 0 Å². The quantitative estimate of drug-likeness (QED) is 0.887. The Morgan fingerprint density at radius 3 is 2.11 bits per heavy atom. The number of carbonyl (C=O) groups is 1. The molecule has 2 aromatic rings. The predicted molar refractivity (Wildman–Crippen MR) is 76.4 cm³/mol. The van der Waals surface area contributed by atoms with Crippen molar-refractivity contribution in [2.75, 3.05) is 0 Å². The fraction of sp³-hybridized carbons (Fsp3) is 0.235. The van der Waals surface area contributed by atoms with Gasteiger partial charge in [0.2, 0.25) is 0 Å². The van der Waals surface area contributed by atoms with Crippen LogP contribution in [0.2, 0.25) is 0 Å². The molecule has 0 aliphatic rings. The van der Waals surface area contributed by atoms with Gasteiger partial charge in [0.1, 0.15) is 0 Å². The zero-order valence-electron chi connectivity index (χ0n) is 11.1. The Morgan fingerprint density at radius 1 is 0.947 bits per heavy atom. The third-order valence-electron chi connectivity index (χ3n) is 3.29. The second-order valence-electron chi connectivity index (χ2n) is 4.69. The summed E-state index contributed by atoms with van der Waals surface area (Å²) in [7, 11) is 0. The maximum atomic E-state index is 10.9. The molecule has 0 aromatic heterocycles. The minimum absolute atomic E-state index is 0.0865. The molecule has 2 rings (SSSR count). The molecule has 19 heavy (non-hydrogen) atoms. The summed E-state index contributed by atoms with van der Waals surface area (Å²) in [6.45, 7) is 2.14. The molecule has 0 unspecified atom stereocenters. The van der Waals surface area contributed by atoms with E-state index in [1.807, 2.05) is 24.3 Å². The van der Waals surface area contributed by atoms with Crippen LogP contribution < -0.4 is 0 Å². The van der Waals surface area contributed by atoms with Gasteiger partial charge in [-0.15, -0.1) is 0 Å². The number of carboxylic acids is 1. The Morgan fingerprint density at radius 2 is 1.53 bits per heavy atom. The zero-order valence-corrected chi connectivity index (χ0v) is 11.1. The SMILES string of the molecule is CCc1ccc(Cc2ccccc2CC(=O)O)cc1. The van der Waals surface area contributed by atoms with Gasteiger partial charge in [0.15, 0.2) is 0 Å². The molecule has 0 heterocycles. The Bertz CT molecular complexity index is 556. The third-order valence-corrected chi connectivity index (χ3v) is 3.29. The smallest absolute Gasteiger partial charge is 0.307 e. The lowest BCUT2D eigenvalue weighted by molar-refractivity contribution is -0.136. The Hall–Kier alpha value is -2.09. The highest BCUT2D eigenvalue weighted by atomic mass is 16.4. The number of carboxylic acid groups (broad SMARTS) is 1. The molecule has 0 spiro atoms. The van der Waals surface area contributed by atoms with Crippen LogP contribution in [0.3, 0.4) is 0 Å². The topological polar surface area (TPSA) is 37.3 Å². The van der Waals surface area contributed by atoms with E-state index in [-0.39, 0.29) is 6.42 Å². The molecule has 0 saturated carbocycles. The summed E-state index contributed by atoms with van der Waals surface area (Å²) in [6.07, 6.45) is 1.91. The first kappa shape index (κ1) is 13.3. The number of aryl methyl sites for hydroxylation is 1. The summed E-state index contributed by atoms with van der Waals surface area (Å²) in [5.41, 5.74) is 4.53. The molecule has 0 aliphatic carbocycles. The van der Waals surface area contributed by atoms with Crippen molar-refractivity contribution in [1.29, 1.82) is 0 Å². The summed E-state index contributed by atoms with van der Waals surface area (Å²) in [5, 5.41) is 8.93. The average Bonchev–Trinajstić information content (AvgIpc) is 2.41. The molecule has 2 nitrogen and oxygen atoms in total. The molecule has 0 aliphatic heterocycles. The summed E-state index contributed by atoms with van der Waals surface area (Å²) in [4.78, 5) is 10.9. The molecular formula is C17H18O2. The van der Waals surface area contributed by atoms with Gasteiger partial charge in [-0.05, 0) is 35.1 Å². The highest BCUT2D eigenvalue weighted by Gasteiger charge is 2.06. The lowest BCUT2D eigenvalue weighted by Gasteiger charge is -2.08. The van der Waals surface area contributed by atoms with Gasteiger partial charge in [-0.3, -0.25) is 4.79 Å². The van der Waals surface area contributed by atoms with Crippen LogP contribution >= 0.6 is 0 Å². The van der Waals surface area contributed by atoms with Gasteiger partial charge < -0.3 is 5.11 Å². The molecule has 0 atom stereocenters. The van der Waals surface area contributed by atoms with Crippen LogP contribution in [0.4, 0.5) is 0 Å². The van der Waals surface area contributed by atoms with Crippen molar-refractivity contribution >= 4 is 5.97 Å². The second-order valence-corrected chi connectivity index (χ2v) is 4.69. The van der Waals surface area contributed by atoms with Crippen molar-refractivity contribution in [2.24, 2.45) is 0 Å². The van der Waals surface area contributed by atoms with E-state index in [4.69, 9.17) is 5.11 Å². The lowest BCUT2D eigenvalue weighted by atomic mass is 9.97. The van der Waals surface area contributed by atoms with Crippen LogP contribution in [0.15, 0.2) is 48.5 Å². The van der Waals surface area contributed by atoms with E-state index in [1.54, 1.807) is 0 Å². The first-order chi connectivity index (χ1) is 9.19. The molecule has 0 fully saturated rings. The van der Waals surface area contributed by atoms with Crippen LogP contribution in [0.1, 0.15) is 29.2 Å². The number of hydrogen-bond donors (Lipinski definition) is 1. The number of benzene rings is 2. The summed E-state index contributed by atoms with van der Waals surface area (Å²) in [5.74, 6) is -0.784. The maximum Gasteiger partial charge on any atom is 0.307 e. The summed E-state index contributed by atoms with van der Waals surface area (Å²) in [6, 6.07) is 16.3. The fourth-order valence-electron chi connectivity index (χ4n) is 2.18. The van der Waals surface area contributed by atoms with Crippen molar-refractivity contribution in [2.45, 2.75) is 26.2 Å². The first-order valence-corrected chi connectivity index (χ1v) is 6.55. The van der Waals surface area contributed by atoms with Gasteiger partial charge in [0.25, 0.3) is 0 Å². The maximum absolute atomic E-state index is 10.9. The van der Waals surface area contributed by atoms with E-state index >= 15 is 0 Å². The van der Waals surface area contributed by atoms with E-state index in [2.05, 4.69) is 31.2 Å². The second kappa shape index (κ2) is 6.19. The highest BCUT2D eigenvalue weighted by Crippen LogP contribution is 2.16. The van der Waals surface area contributed by atoms with Crippen LogP contribution in [0.25, 0.3) is 0 Å². The van der Waals surface area contributed by atoms with Crippen LogP contribution in [-0.2, 0) is 24.1 Å². The highest BCUT2D eigenvalue weighted by molar-refractivity contribution is 5.70. The Kier molecular flexibility index (Phi) is 4.35. The predicted octanol–water partition coefficient (Wildman–Crippen LogP) is 3.47. The molecule has 0 bridgehead atoms. The minimum atomic E-state index is -0.784. The largest absolute Gasteiger partial charge is 0.481 e. The van der Waals surface area contributed by atoms with E-state index in [0.29, 0.717) is 0 Å². The van der Waals surface area contributed by atoms with Crippen LogP contribution in [0.5, 0.6) is 0 Å². The first-order valence-electron chi connectivity index (χ1n) is 6.55. The molecule has 98 valence electrons. The van der Waals surface area contributed by atoms with Gasteiger partial charge in [0.05, 0.1) is 6.42 Å². The number of hydrogen-bond acceptors (Lipinski definition) is 1. The number of aliphatic carboxylic acids is 1. The minimum Gasteiger partial charge on any atom is -0.481 e. The van der Waals surface area contributed by atoms with Crippen LogP contribution in [0, 0.1) is 0 Å². The fourth-order valence-corrected chi connectivity index (χ4v) is 2.18. The van der Waals surface area contributed by atoms with E-state index in [1.165, 1.54) is 11.1 Å². The van der Waals surface area contributed by atoms with Crippen molar-refractivity contribution < 1.29 is 9.90 Å². The Balaban J connectivity index is 2.19. The van der Waals surface area contributed by atoms with Gasteiger partial charge in [-0.2, -0.15) is 0 Å². The standard InChI is InChI=1S/C17H18O2/c1-2-13-7-9-14(10-8-13)11-15-5-3-4-6-16(15)12-17(18)19/h3-10H,2,11-12H2,1H3,(H,18,19). The molecule has 2 aromatic carbocycles. The van der Waals surface area contributed by atoms with Gasteiger partial charge in [-0.1, -0.05) is 55.5 Å². The van der Waals surface area contributed by atoms with Gasteiger partial charge >= 0.3 is 5.97 Å². The van der Waals surface area contributed by atoms with Gasteiger partial charge in [-0.25, -0.2) is 0 Å². The molecule has 2 heteroatoms. The van der Waals surface area contributed by atoms with Crippen molar-refractivity contribution in [1.82, 2.24) is 0 Å². The van der Waals surface area contributed by atoms with E-state index in [0.717, 1.165) is 24.0 Å². The zero-order chi connectivity index (χ0) is 13.7. The number of rotatable bonds is 5. The molecule has 0 radical (unpaired) electrons. The average molecular weight is 254 g/mol. The van der Waals surface area contributed by atoms with E-state index in [9.17, 15) is 4.79 Å². The van der Waals surface area contributed by atoms with Crippen molar-refractivity contribution in [3.63, 3.8) is 0 Å².